The van der Waals surface area contributed by atoms with E-state index in [2.05, 4.69) is 15.9 Å². The molecule has 1 unspecified atom stereocenters. The lowest BCUT2D eigenvalue weighted by Gasteiger charge is -2.33. The Morgan fingerprint density at radius 3 is 2.95 bits per heavy atom. The smallest absolute Gasteiger partial charge is 0.339 e. The van der Waals surface area contributed by atoms with Crippen LogP contribution in [-0.2, 0) is 14.3 Å². The molecular weight excluding hydrogens is 342 g/mol. The van der Waals surface area contributed by atoms with Crippen molar-refractivity contribution in [2.24, 2.45) is 0 Å². The normalized spacial score (nSPS) is 21.0. The Kier molecular flexibility index (Phi) is 3.86. The van der Waals surface area contributed by atoms with E-state index >= 15 is 0 Å². The summed E-state index contributed by atoms with van der Waals surface area (Å²) >= 11 is 3.33. The van der Waals surface area contributed by atoms with Gasteiger partial charge in [-0.2, -0.15) is 0 Å². The van der Waals surface area contributed by atoms with Crippen molar-refractivity contribution in [2.45, 2.75) is 12.5 Å². The summed E-state index contributed by atoms with van der Waals surface area (Å²) in [6.07, 6.45) is 0.773. The maximum absolute atomic E-state index is 12.2. The van der Waals surface area contributed by atoms with Crippen LogP contribution in [0.2, 0.25) is 0 Å². The molecule has 1 saturated heterocycles. The van der Waals surface area contributed by atoms with Crippen LogP contribution >= 0.6 is 15.9 Å². The zero-order valence-electron chi connectivity index (χ0n) is 11.4. The highest BCUT2D eigenvalue weighted by molar-refractivity contribution is 9.10. The molecule has 0 aliphatic carbocycles. The highest BCUT2D eigenvalue weighted by atomic mass is 79.9. The molecule has 0 bridgehead atoms. The first-order valence-electron chi connectivity index (χ1n) is 6.56. The number of methoxy groups -OCH3 is 1. The molecule has 7 heteroatoms. The molecular formula is C14H14BrNO5. The molecule has 21 heavy (non-hydrogen) atoms. The minimum atomic E-state index is -0.467. The van der Waals surface area contributed by atoms with Crippen LogP contribution in [0.1, 0.15) is 16.8 Å². The van der Waals surface area contributed by atoms with Crippen LogP contribution in [-0.4, -0.2) is 44.8 Å². The van der Waals surface area contributed by atoms with Crippen molar-refractivity contribution in [1.29, 1.82) is 0 Å². The predicted molar refractivity (Wildman–Crippen MR) is 77.7 cm³/mol. The summed E-state index contributed by atoms with van der Waals surface area (Å²) in [5.41, 5.74) is 0.948. The second-order valence-corrected chi connectivity index (χ2v) is 5.72. The van der Waals surface area contributed by atoms with Crippen LogP contribution in [0.5, 0.6) is 5.75 Å². The van der Waals surface area contributed by atoms with Crippen molar-refractivity contribution < 1.29 is 23.8 Å². The number of carbonyl (C=O) groups is 2. The van der Waals surface area contributed by atoms with Crippen molar-refractivity contribution in [3.05, 3.63) is 22.2 Å². The van der Waals surface area contributed by atoms with Crippen LogP contribution in [0.4, 0.5) is 5.69 Å². The number of hydrogen-bond donors (Lipinski definition) is 0. The monoisotopic (exact) mass is 355 g/mol. The molecule has 2 aliphatic heterocycles. The Labute approximate surface area is 130 Å². The average Bonchev–Trinajstić information content (AvgIpc) is 3.00. The number of amides is 1. The fourth-order valence-electron chi connectivity index (χ4n) is 2.58. The lowest BCUT2D eigenvalue weighted by Crippen LogP contribution is -2.46. The summed E-state index contributed by atoms with van der Waals surface area (Å²) in [7, 11) is 1.32. The van der Waals surface area contributed by atoms with E-state index in [0.29, 0.717) is 34.7 Å². The lowest BCUT2D eigenvalue weighted by molar-refractivity contribution is -0.121. The number of hydrogen-bond acceptors (Lipinski definition) is 5. The highest BCUT2D eigenvalue weighted by Gasteiger charge is 2.35. The van der Waals surface area contributed by atoms with Gasteiger partial charge in [-0.1, -0.05) is 0 Å². The Morgan fingerprint density at radius 2 is 2.29 bits per heavy atom. The van der Waals surface area contributed by atoms with E-state index in [1.165, 1.54) is 7.11 Å². The summed E-state index contributed by atoms with van der Waals surface area (Å²) in [4.78, 5) is 25.7. The quantitative estimate of drug-likeness (QED) is 0.756. The molecule has 0 saturated carbocycles. The minimum absolute atomic E-state index is 0.00644. The summed E-state index contributed by atoms with van der Waals surface area (Å²) < 4.78 is 16.2. The van der Waals surface area contributed by atoms with E-state index in [4.69, 9.17) is 14.2 Å². The van der Waals surface area contributed by atoms with E-state index in [1.807, 2.05) is 0 Å². The number of benzene rings is 1. The zero-order valence-corrected chi connectivity index (χ0v) is 13.0. The number of ether oxygens (including phenoxy) is 3. The van der Waals surface area contributed by atoms with Gasteiger partial charge in [-0.05, 0) is 34.5 Å². The van der Waals surface area contributed by atoms with Gasteiger partial charge in [-0.25, -0.2) is 4.79 Å². The number of nitrogens with zero attached hydrogens (tertiary/aromatic N) is 1. The molecule has 0 radical (unpaired) electrons. The number of rotatable bonds is 2. The molecule has 0 aromatic heterocycles. The molecule has 1 aromatic carbocycles. The SMILES string of the molecule is COC(=O)c1cc2c(cc1Br)OCC(=O)N2C1CCOC1. The largest absolute Gasteiger partial charge is 0.482 e. The first kappa shape index (κ1) is 14.3. The van der Waals surface area contributed by atoms with Gasteiger partial charge in [0.25, 0.3) is 5.91 Å². The molecule has 2 aliphatic rings. The fraction of sp³-hybridized carbons (Fsp3) is 0.429. The maximum atomic E-state index is 12.2. The number of fused-ring (bicyclic) bond motifs is 1. The highest BCUT2D eigenvalue weighted by Crippen LogP contribution is 2.39. The van der Waals surface area contributed by atoms with Crippen LogP contribution in [0.25, 0.3) is 0 Å². The van der Waals surface area contributed by atoms with Crippen molar-refractivity contribution >= 4 is 33.5 Å². The summed E-state index contributed by atoms with van der Waals surface area (Å²) in [6, 6.07) is 3.30. The number of anilines is 1. The molecule has 1 fully saturated rings. The third-order valence-electron chi connectivity index (χ3n) is 3.60. The number of halogens is 1. The van der Waals surface area contributed by atoms with Crippen LogP contribution < -0.4 is 9.64 Å². The van der Waals surface area contributed by atoms with Gasteiger partial charge in [0, 0.05) is 11.1 Å². The lowest BCUT2D eigenvalue weighted by atomic mass is 10.1. The van der Waals surface area contributed by atoms with E-state index in [1.54, 1.807) is 17.0 Å². The minimum Gasteiger partial charge on any atom is -0.482 e. The van der Waals surface area contributed by atoms with Crippen molar-refractivity contribution in [2.75, 3.05) is 31.8 Å². The van der Waals surface area contributed by atoms with E-state index in [-0.39, 0.29) is 18.6 Å². The van der Waals surface area contributed by atoms with Crippen LogP contribution in [0.3, 0.4) is 0 Å². The Balaban J connectivity index is 2.06. The molecule has 6 nitrogen and oxygen atoms in total. The second-order valence-electron chi connectivity index (χ2n) is 4.86. The maximum Gasteiger partial charge on any atom is 0.339 e. The van der Waals surface area contributed by atoms with Crippen molar-refractivity contribution in [3.63, 3.8) is 0 Å². The van der Waals surface area contributed by atoms with E-state index in [0.717, 1.165) is 6.42 Å². The summed E-state index contributed by atoms with van der Waals surface area (Å²) in [5.74, 6) is -0.0255. The van der Waals surface area contributed by atoms with Gasteiger partial charge in [0.05, 0.1) is 31.0 Å². The van der Waals surface area contributed by atoms with Crippen molar-refractivity contribution in [3.8, 4) is 5.75 Å². The standard InChI is InChI=1S/C14H14BrNO5/c1-19-14(18)9-4-11-12(5-10(9)15)21-7-13(17)16(11)8-2-3-20-6-8/h4-5,8H,2-3,6-7H2,1H3. The molecule has 1 aromatic rings. The van der Waals surface area contributed by atoms with E-state index < -0.39 is 5.97 Å². The molecule has 1 amide bonds. The van der Waals surface area contributed by atoms with Gasteiger partial charge in [-0.3, -0.25) is 4.79 Å². The Morgan fingerprint density at radius 1 is 1.48 bits per heavy atom. The zero-order chi connectivity index (χ0) is 15.0. The van der Waals surface area contributed by atoms with Gasteiger partial charge < -0.3 is 19.1 Å². The van der Waals surface area contributed by atoms with Crippen molar-refractivity contribution in [1.82, 2.24) is 0 Å². The summed E-state index contributed by atoms with van der Waals surface area (Å²) in [6.45, 7) is 1.12. The van der Waals surface area contributed by atoms with Crippen LogP contribution in [0, 0.1) is 0 Å². The summed E-state index contributed by atoms with van der Waals surface area (Å²) in [5, 5.41) is 0. The number of esters is 1. The molecule has 112 valence electrons. The topological polar surface area (TPSA) is 65.1 Å². The van der Waals surface area contributed by atoms with E-state index in [9.17, 15) is 9.59 Å². The second kappa shape index (κ2) is 5.65. The van der Waals surface area contributed by atoms with Gasteiger partial charge in [0.2, 0.25) is 0 Å². The molecule has 2 heterocycles. The van der Waals surface area contributed by atoms with Crippen LogP contribution in [0.15, 0.2) is 16.6 Å². The van der Waals surface area contributed by atoms with Gasteiger partial charge in [-0.15, -0.1) is 0 Å². The first-order valence-corrected chi connectivity index (χ1v) is 7.35. The molecule has 3 rings (SSSR count). The molecule has 0 N–H and O–H groups in total. The third-order valence-corrected chi connectivity index (χ3v) is 4.26. The predicted octanol–water partition coefficient (Wildman–Crippen LogP) is 1.75. The fourth-order valence-corrected chi connectivity index (χ4v) is 3.07. The van der Waals surface area contributed by atoms with Gasteiger partial charge in [0.15, 0.2) is 6.61 Å². The van der Waals surface area contributed by atoms with Gasteiger partial charge >= 0.3 is 5.97 Å². The third kappa shape index (κ3) is 2.51. The van der Waals surface area contributed by atoms with Gasteiger partial charge in [0.1, 0.15) is 5.75 Å². The Hall–Kier alpha value is -1.60. The molecule has 1 atom stereocenters. The first-order chi connectivity index (χ1) is 10.1. The average molecular weight is 356 g/mol. The number of carbonyl (C=O) groups excluding carboxylic acids is 2. The molecule has 0 spiro atoms. The Bertz CT molecular complexity index is 597.